The first kappa shape index (κ1) is 15.3. The topological polar surface area (TPSA) is 59.1 Å². The van der Waals surface area contributed by atoms with E-state index in [9.17, 15) is 8.42 Å². The number of hydrogen-bond acceptors (Lipinski definition) is 4. The van der Waals surface area contributed by atoms with Crippen LogP contribution in [0.2, 0.25) is 0 Å². The molecule has 1 aromatic rings. The Morgan fingerprint density at radius 3 is 2.40 bits per heavy atom. The number of pyridine rings is 1. The molecule has 112 valence electrons. The molecule has 0 spiro atoms. The van der Waals surface area contributed by atoms with Crippen LogP contribution >= 0.6 is 0 Å². The van der Waals surface area contributed by atoms with Crippen molar-refractivity contribution in [3.8, 4) is 0 Å². The SMILES string of the molecule is CC1CCC(Nc2ccc(S(=O)(=O)C(C)(C)C)nc2)C1. The van der Waals surface area contributed by atoms with Crippen LogP contribution in [0.3, 0.4) is 0 Å². The monoisotopic (exact) mass is 296 g/mol. The molecule has 0 aromatic carbocycles. The van der Waals surface area contributed by atoms with Gasteiger partial charge in [-0.05, 0) is 58.1 Å². The van der Waals surface area contributed by atoms with Crippen molar-refractivity contribution in [2.75, 3.05) is 5.32 Å². The number of nitrogens with one attached hydrogen (secondary N) is 1. The van der Waals surface area contributed by atoms with Crippen molar-refractivity contribution in [1.29, 1.82) is 0 Å². The molecule has 0 aliphatic heterocycles. The van der Waals surface area contributed by atoms with E-state index in [-0.39, 0.29) is 5.03 Å². The van der Waals surface area contributed by atoms with Crippen molar-refractivity contribution < 1.29 is 8.42 Å². The fraction of sp³-hybridized carbons (Fsp3) is 0.667. The summed E-state index contributed by atoms with van der Waals surface area (Å²) in [5, 5.41) is 3.58. The van der Waals surface area contributed by atoms with Crippen LogP contribution in [0, 0.1) is 5.92 Å². The summed E-state index contributed by atoms with van der Waals surface area (Å²) in [4.78, 5) is 4.13. The lowest BCUT2D eigenvalue weighted by atomic mass is 10.1. The van der Waals surface area contributed by atoms with Gasteiger partial charge in [-0.3, -0.25) is 0 Å². The molecule has 1 fully saturated rings. The molecule has 2 rings (SSSR count). The van der Waals surface area contributed by atoms with E-state index in [1.165, 1.54) is 19.3 Å². The van der Waals surface area contributed by atoms with Crippen LogP contribution in [-0.4, -0.2) is 24.2 Å². The molecular formula is C15H24N2O2S. The largest absolute Gasteiger partial charge is 0.381 e. The third-order valence-electron chi connectivity index (χ3n) is 3.88. The van der Waals surface area contributed by atoms with Crippen molar-refractivity contribution in [2.24, 2.45) is 5.92 Å². The van der Waals surface area contributed by atoms with Gasteiger partial charge in [-0.25, -0.2) is 13.4 Å². The summed E-state index contributed by atoms with van der Waals surface area (Å²) < 4.78 is 23.7. The fourth-order valence-electron chi connectivity index (χ4n) is 2.51. The molecule has 0 amide bonds. The molecular weight excluding hydrogens is 272 g/mol. The molecule has 5 heteroatoms. The van der Waals surface area contributed by atoms with Crippen LogP contribution in [0.25, 0.3) is 0 Å². The average Bonchev–Trinajstić information content (AvgIpc) is 2.74. The van der Waals surface area contributed by atoms with Crippen LogP contribution in [0.4, 0.5) is 5.69 Å². The Hall–Kier alpha value is -1.10. The molecule has 1 saturated carbocycles. The number of sulfone groups is 1. The molecule has 1 aromatic heterocycles. The Morgan fingerprint density at radius 1 is 1.25 bits per heavy atom. The number of hydrogen-bond donors (Lipinski definition) is 1. The Morgan fingerprint density at radius 2 is 1.95 bits per heavy atom. The minimum absolute atomic E-state index is 0.148. The van der Waals surface area contributed by atoms with Crippen LogP contribution in [0.15, 0.2) is 23.4 Å². The molecule has 1 aliphatic rings. The summed E-state index contributed by atoms with van der Waals surface area (Å²) in [5.74, 6) is 0.765. The minimum atomic E-state index is -3.37. The number of nitrogens with zero attached hydrogens (tertiary/aromatic N) is 1. The maximum absolute atomic E-state index is 12.3. The minimum Gasteiger partial charge on any atom is -0.381 e. The van der Waals surface area contributed by atoms with Gasteiger partial charge in [0, 0.05) is 6.04 Å². The molecule has 0 radical (unpaired) electrons. The molecule has 20 heavy (non-hydrogen) atoms. The highest BCUT2D eigenvalue weighted by Crippen LogP contribution is 2.28. The number of aromatic nitrogens is 1. The van der Waals surface area contributed by atoms with Gasteiger partial charge in [0.25, 0.3) is 0 Å². The second-order valence-electron chi connectivity index (χ2n) is 6.76. The molecule has 1 aliphatic carbocycles. The van der Waals surface area contributed by atoms with Crippen LogP contribution in [0.1, 0.15) is 47.0 Å². The fourth-order valence-corrected chi connectivity index (χ4v) is 3.58. The molecule has 1 N–H and O–H groups in total. The summed E-state index contributed by atoms with van der Waals surface area (Å²) in [7, 11) is -3.37. The Balaban J connectivity index is 2.11. The van der Waals surface area contributed by atoms with Crippen molar-refractivity contribution in [3.63, 3.8) is 0 Å². The van der Waals surface area contributed by atoms with E-state index in [0.717, 1.165) is 11.6 Å². The third kappa shape index (κ3) is 3.14. The van der Waals surface area contributed by atoms with Crippen LogP contribution in [0.5, 0.6) is 0 Å². The summed E-state index contributed by atoms with van der Waals surface area (Å²) >= 11 is 0. The van der Waals surface area contributed by atoms with E-state index < -0.39 is 14.6 Å². The van der Waals surface area contributed by atoms with Gasteiger partial charge >= 0.3 is 0 Å². The van der Waals surface area contributed by atoms with Gasteiger partial charge in [0.15, 0.2) is 14.9 Å². The summed E-state index contributed by atoms with van der Waals surface area (Å²) in [6.07, 6.45) is 5.22. The van der Waals surface area contributed by atoms with Crippen LogP contribution in [-0.2, 0) is 9.84 Å². The first-order valence-electron chi connectivity index (χ1n) is 7.17. The molecule has 2 atom stereocenters. The molecule has 4 nitrogen and oxygen atoms in total. The maximum Gasteiger partial charge on any atom is 0.200 e. The van der Waals surface area contributed by atoms with Gasteiger partial charge in [-0.1, -0.05) is 6.92 Å². The zero-order chi connectivity index (χ0) is 15.0. The lowest BCUT2D eigenvalue weighted by Gasteiger charge is -2.19. The Labute approximate surface area is 121 Å². The second kappa shape index (κ2) is 5.35. The average molecular weight is 296 g/mol. The van der Waals surface area contributed by atoms with Gasteiger partial charge in [-0.2, -0.15) is 0 Å². The normalized spacial score (nSPS) is 23.8. The van der Waals surface area contributed by atoms with Gasteiger partial charge in [0.05, 0.1) is 16.6 Å². The zero-order valence-corrected chi connectivity index (χ0v) is 13.5. The number of anilines is 1. The van der Waals surface area contributed by atoms with E-state index in [0.29, 0.717) is 6.04 Å². The van der Waals surface area contributed by atoms with E-state index in [1.807, 2.05) is 6.07 Å². The van der Waals surface area contributed by atoms with Crippen molar-refractivity contribution in [3.05, 3.63) is 18.3 Å². The first-order chi connectivity index (χ1) is 9.20. The lowest BCUT2D eigenvalue weighted by Crippen LogP contribution is -2.28. The van der Waals surface area contributed by atoms with Crippen molar-refractivity contribution in [1.82, 2.24) is 4.98 Å². The predicted molar refractivity (Wildman–Crippen MR) is 81.6 cm³/mol. The highest BCUT2D eigenvalue weighted by Gasteiger charge is 2.32. The number of rotatable bonds is 3. The highest BCUT2D eigenvalue weighted by atomic mass is 32.2. The molecule has 1 heterocycles. The standard InChI is InChI=1S/C15H24N2O2S/c1-11-5-6-12(9-11)17-13-7-8-14(16-10-13)20(18,19)15(2,3)4/h7-8,10-12,17H,5-6,9H2,1-4H3. The van der Waals surface area contributed by atoms with Crippen molar-refractivity contribution in [2.45, 2.75) is 62.8 Å². The van der Waals surface area contributed by atoms with E-state index >= 15 is 0 Å². The van der Waals surface area contributed by atoms with Gasteiger partial charge < -0.3 is 5.32 Å². The summed E-state index contributed by atoms with van der Waals surface area (Å²) in [5.41, 5.74) is 0.900. The van der Waals surface area contributed by atoms with E-state index in [1.54, 1.807) is 33.0 Å². The predicted octanol–water partition coefficient (Wildman–Crippen LogP) is 3.25. The van der Waals surface area contributed by atoms with E-state index in [2.05, 4.69) is 17.2 Å². The Bertz CT molecular complexity index is 559. The third-order valence-corrected chi connectivity index (χ3v) is 6.29. The molecule has 0 bridgehead atoms. The zero-order valence-electron chi connectivity index (χ0n) is 12.7. The molecule has 2 unspecified atom stereocenters. The lowest BCUT2D eigenvalue weighted by molar-refractivity contribution is 0.556. The first-order valence-corrected chi connectivity index (χ1v) is 8.65. The van der Waals surface area contributed by atoms with E-state index in [4.69, 9.17) is 0 Å². The van der Waals surface area contributed by atoms with Gasteiger partial charge in [0.2, 0.25) is 0 Å². The Kier molecular flexibility index (Phi) is 4.09. The summed E-state index contributed by atoms with van der Waals surface area (Å²) in [6.45, 7) is 7.33. The highest BCUT2D eigenvalue weighted by molar-refractivity contribution is 7.92. The molecule has 0 saturated heterocycles. The second-order valence-corrected chi connectivity index (χ2v) is 9.41. The van der Waals surface area contributed by atoms with Gasteiger partial charge in [-0.15, -0.1) is 0 Å². The summed E-state index contributed by atoms with van der Waals surface area (Å²) in [6, 6.07) is 3.90. The quantitative estimate of drug-likeness (QED) is 0.930. The maximum atomic E-state index is 12.3. The van der Waals surface area contributed by atoms with Crippen molar-refractivity contribution >= 4 is 15.5 Å². The smallest absolute Gasteiger partial charge is 0.200 e. The van der Waals surface area contributed by atoms with Gasteiger partial charge in [0.1, 0.15) is 0 Å². The van der Waals surface area contributed by atoms with Crippen LogP contribution < -0.4 is 5.32 Å².